The molecule has 20 heavy (non-hydrogen) atoms. The number of para-hydroxylation sites is 1. The molecule has 0 fully saturated rings. The number of aryl methyl sites for hydroxylation is 2. The van der Waals surface area contributed by atoms with Gasteiger partial charge in [0.15, 0.2) is 5.78 Å². The molecule has 0 radical (unpaired) electrons. The fourth-order valence-electron chi connectivity index (χ4n) is 2.51. The van der Waals surface area contributed by atoms with E-state index >= 15 is 0 Å². The van der Waals surface area contributed by atoms with Crippen LogP contribution in [-0.2, 0) is 0 Å². The molecule has 2 nitrogen and oxygen atoms in total. The predicted molar refractivity (Wildman–Crippen MR) is 82.7 cm³/mol. The fourth-order valence-corrected chi connectivity index (χ4v) is 2.83. The summed E-state index contributed by atoms with van der Waals surface area (Å²) in [7, 11) is 0. The van der Waals surface area contributed by atoms with Crippen molar-refractivity contribution in [3.8, 4) is 0 Å². The highest BCUT2D eigenvalue weighted by Crippen LogP contribution is 2.27. The van der Waals surface area contributed by atoms with Crippen molar-refractivity contribution in [2.24, 2.45) is 0 Å². The van der Waals surface area contributed by atoms with Crippen LogP contribution in [0.4, 0.5) is 0 Å². The van der Waals surface area contributed by atoms with Crippen LogP contribution in [0.3, 0.4) is 0 Å². The van der Waals surface area contributed by atoms with Gasteiger partial charge >= 0.3 is 0 Å². The summed E-state index contributed by atoms with van der Waals surface area (Å²) in [5, 5.41) is 1.44. The summed E-state index contributed by atoms with van der Waals surface area (Å²) in [6.45, 7) is 3.87. The van der Waals surface area contributed by atoms with E-state index in [1.165, 1.54) is 0 Å². The standard InChI is InChI=1S/C17H14ClNO/c1-10-7-8-12(14(18)9-10)17(20)16-11(2)19-15-6-4-3-5-13(15)16/h3-9,19H,1-2H3. The molecule has 1 aromatic heterocycles. The Morgan fingerprint density at radius 2 is 1.85 bits per heavy atom. The summed E-state index contributed by atoms with van der Waals surface area (Å²) in [5.41, 5.74) is 4.13. The predicted octanol–water partition coefficient (Wildman–Crippen LogP) is 4.67. The number of carbonyl (C=O) groups excluding carboxylic acids is 1. The number of benzene rings is 2. The van der Waals surface area contributed by atoms with E-state index in [0.717, 1.165) is 22.2 Å². The lowest BCUT2D eigenvalue weighted by molar-refractivity contribution is 0.104. The van der Waals surface area contributed by atoms with Crippen LogP contribution in [-0.4, -0.2) is 10.8 Å². The van der Waals surface area contributed by atoms with Crippen LogP contribution in [0.5, 0.6) is 0 Å². The Labute approximate surface area is 122 Å². The van der Waals surface area contributed by atoms with Gasteiger partial charge in [-0.25, -0.2) is 0 Å². The molecule has 0 aliphatic rings. The zero-order valence-electron chi connectivity index (χ0n) is 11.3. The summed E-state index contributed by atoms with van der Waals surface area (Å²) in [6, 6.07) is 13.3. The number of fused-ring (bicyclic) bond motifs is 1. The summed E-state index contributed by atoms with van der Waals surface area (Å²) in [4.78, 5) is 16.0. The molecule has 0 saturated heterocycles. The zero-order chi connectivity index (χ0) is 14.3. The fraction of sp³-hybridized carbons (Fsp3) is 0.118. The Balaban J connectivity index is 2.20. The molecule has 0 unspecified atom stereocenters. The number of H-pyrrole nitrogens is 1. The number of rotatable bonds is 2. The van der Waals surface area contributed by atoms with Gasteiger partial charge in [-0.1, -0.05) is 35.9 Å². The molecular weight excluding hydrogens is 270 g/mol. The van der Waals surface area contributed by atoms with E-state index in [0.29, 0.717) is 16.1 Å². The number of carbonyl (C=O) groups is 1. The molecule has 2 aromatic carbocycles. The van der Waals surface area contributed by atoms with Crippen LogP contribution in [0.2, 0.25) is 5.02 Å². The molecule has 0 amide bonds. The summed E-state index contributed by atoms with van der Waals surface area (Å²) in [5.74, 6) is -0.0371. The van der Waals surface area contributed by atoms with Crippen LogP contribution < -0.4 is 0 Å². The first kappa shape index (κ1) is 12.9. The van der Waals surface area contributed by atoms with Gasteiger partial charge in [0.25, 0.3) is 0 Å². The van der Waals surface area contributed by atoms with E-state index in [-0.39, 0.29) is 5.78 Å². The van der Waals surface area contributed by atoms with Crippen molar-refractivity contribution < 1.29 is 4.79 Å². The van der Waals surface area contributed by atoms with Crippen molar-refractivity contribution in [1.29, 1.82) is 0 Å². The minimum atomic E-state index is -0.0371. The molecular formula is C17H14ClNO. The average molecular weight is 284 g/mol. The molecule has 3 rings (SSSR count). The van der Waals surface area contributed by atoms with Crippen LogP contribution in [0.25, 0.3) is 10.9 Å². The second-order valence-electron chi connectivity index (χ2n) is 4.98. The van der Waals surface area contributed by atoms with Gasteiger partial charge in [0.1, 0.15) is 0 Å². The molecule has 100 valence electrons. The van der Waals surface area contributed by atoms with Crippen LogP contribution in [0.1, 0.15) is 27.2 Å². The second kappa shape index (κ2) is 4.80. The number of hydrogen-bond donors (Lipinski definition) is 1. The number of halogens is 1. The third-order valence-electron chi connectivity index (χ3n) is 3.49. The quantitative estimate of drug-likeness (QED) is 0.681. The molecule has 3 aromatic rings. The normalized spacial score (nSPS) is 10.9. The molecule has 0 bridgehead atoms. The van der Waals surface area contributed by atoms with E-state index in [2.05, 4.69) is 4.98 Å². The van der Waals surface area contributed by atoms with Gasteiger partial charge in [-0.3, -0.25) is 4.79 Å². The number of aromatic nitrogens is 1. The van der Waals surface area contributed by atoms with Gasteiger partial charge in [0.05, 0.1) is 10.6 Å². The largest absolute Gasteiger partial charge is 0.358 e. The molecule has 3 heteroatoms. The summed E-state index contributed by atoms with van der Waals surface area (Å²) in [6.07, 6.45) is 0. The van der Waals surface area contributed by atoms with Crippen LogP contribution in [0, 0.1) is 13.8 Å². The lowest BCUT2D eigenvalue weighted by Crippen LogP contribution is -2.03. The topological polar surface area (TPSA) is 32.9 Å². The van der Waals surface area contributed by atoms with Gasteiger partial charge in [0, 0.05) is 22.2 Å². The van der Waals surface area contributed by atoms with Gasteiger partial charge in [-0.05, 0) is 37.6 Å². The minimum absolute atomic E-state index is 0.0371. The van der Waals surface area contributed by atoms with E-state index < -0.39 is 0 Å². The smallest absolute Gasteiger partial charge is 0.196 e. The number of ketones is 1. The van der Waals surface area contributed by atoms with Crippen molar-refractivity contribution in [2.45, 2.75) is 13.8 Å². The number of aromatic amines is 1. The van der Waals surface area contributed by atoms with Crippen molar-refractivity contribution in [2.75, 3.05) is 0 Å². The third-order valence-corrected chi connectivity index (χ3v) is 3.80. The first-order valence-corrected chi connectivity index (χ1v) is 6.84. The van der Waals surface area contributed by atoms with E-state index in [9.17, 15) is 4.79 Å². The first-order chi connectivity index (χ1) is 9.58. The Kier molecular flexibility index (Phi) is 3.11. The van der Waals surface area contributed by atoms with E-state index in [1.807, 2.05) is 50.2 Å². The van der Waals surface area contributed by atoms with Gasteiger partial charge in [0.2, 0.25) is 0 Å². The zero-order valence-corrected chi connectivity index (χ0v) is 12.1. The van der Waals surface area contributed by atoms with Gasteiger partial charge < -0.3 is 4.98 Å². The molecule has 0 atom stereocenters. The maximum atomic E-state index is 12.8. The molecule has 0 spiro atoms. The van der Waals surface area contributed by atoms with Crippen molar-refractivity contribution in [3.63, 3.8) is 0 Å². The highest BCUT2D eigenvalue weighted by molar-refractivity contribution is 6.35. The lowest BCUT2D eigenvalue weighted by Gasteiger charge is -2.05. The van der Waals surface area contributed by atoms with Crippen LogP contribution in [0.15, 0.2) is 42.5 Å². The third kappa shape index (κ3) is 2.02. The second-order valence-corrected chi connectivity index (χ2v) is 5.39. The number of hydrogen-bond acceptors (Lipinski definition) is 1. The van der Waals surface area contributed by atoms with Gasteiger partial charge in [-0.2, -0.15) is 0 Å². The van der Waals surface area contributed by atoms with Gasteiger partial charge in [-0.15, -0.1) is 0 Å². The van der Waals surface area contributed by atoms with Crippen LogP contribution >= 0.6 is 11.6 Å². The molecule has 1 heterocycles. The van der Waals surface area contributed by atoms with Crippen molar-refractivity contribution in [1.82, 2.24) is 4.98 Å². The highest BCUT2D eigenvalue weighted by Gasteiger charge is 2.19. The maximum absolute atomic E-state index is 12.8. The Morgan fingerprint density at radius 3 is 2.60 bits per heavy atom. The molecule has 0 saturated carbocycles. The molecule has 0 aliphatic carbocycles. The Bertz CT molecular complexity index is 817. The summed E-state index contributed by atoms with van der Waals surface area (Å²) >= 11 is 6.21. The Morgan fingerprint density at radius 1 is 1.10 bits per heavy atom. The van der Waals surface area contributed by atoms with E-state index in [4.69, 9.17) is 11.6 Å². The highest BCUT2D eigenvalue weighted by atomic mass is 35.5. The summed E-state index contributed by atoms with van der Waals surface area (Å²) < 4.78 is 0. The van der Waals surface area contributed by atoms with Crippen molar-refractivity contribution in [3.05, 3.63) is 69.9 Å². The monoisotopic (exact) mass is 283 g/mol. The average Bonchev–Trinajstić information content (AvgIpc) is 2.73. The minimum Gasteiger partial charge on any atom is -0.358 e. The SMILES string of the molecule is Cc1ccc(C(=O)c2c(C)[nH]c3ccccc23)c(Cl)c1. The van der Waals surface area contributed by atoms with Crippen molar-refractivity contribution >= 4 is 28.3 Å². The first-order valence-electron chi connectivity index (χ1n) is 6.46. The molecule has 1 N–H and O–H groups in total. The Hall–Kier alpha value is -2.06. The van der Waals surface area contributed by atoms with E-state index in [1.54, 1.807) is 6.07 Å². The molecule has 0 aliphatic heterocycles. The lowest BCUT2D eigenvalue weighted by atomic mass is 9.99. The maximum Gasteiger partial charge on any atom is 0.196 e. The number of nitrogens with one attached hydrogen (secondary N) is 1.